The number of hydrogen-bond donors (Lipinski definition) is 2. The van der Waals surface area contributed by atoms with Crippen molar-refractivity contribution >= 4 is 29.1 Å². The van der Waals surface area contributed by atoms with Gasteiger partial charge in [-0.15, -0.1) is 11.3 Å². The van der Waals surface area contributed by atoms with Gasteiger partial charge < -0.3 is 20.0 Å². The first kappa shape index (κ1) is 24.7. The summed E-state index contributed by atoms with van der Waals surface area (Å²) < 4.78 is 5.53. The molecule has 1 aromatic carbocycles. The lowest BCUT2D eigenvalue weighted by Gasteiger charge is -2.33. The smallest absolute Gasteiger partial charge is 0.261 e. The van der Waals surface area contributed by atoms with Gasteiger partial charge in [0.05, 0.1) is 24.2 Å². The lowest BCUT2D eigenvalue weighted by molar-refractivity contribution is -0.141. The number of thiophene rings is 1. The van der Waals surface area contributed by atoms with Crippen LogP contribution in [-0.4, -0.2) is 35.2 Å². The van der Waals surface area contributed by atoms with Gasteiger partial charge in [-0.25, -0.2) is 0 Å². The summed E-state index contributed by atoms with van der Waals surface area (Å²) >= 11 is 1.31. The van der Waals surface area contributed by atoms with E-state index in [9.17, 15) is 14.4 Å². The molecule has 1 aliphatic carbocycles. The molecule has 1 atom stereocenters. The molecule has 184 valence electrons. The summed E-state index contributed by atoms with van der Waals surface area (Å²) in [5.74, 6) is -0.327. The SMILES string of the molecule is Cc1ccccc1[C@H](C(=O)NC1CCCCC1)N(Cc1ccco1)C(=O)CNC(=O)c1cccs1. The van der Waals surface area contributed by atoms with E-state index in [0.29, 0.717) is 10.6 Å². The zero-order valence-electron chi connectivity index (χ0n) is 19.9. The van der Waals surface area contributed by atoms with Gasteiger partial charge in [-0.3, -0.25) is 14.4 Å². The molecular formula is C27H31N3O4S. The van der Waals surface area contributed by atoms with Crippen LogP contribution < -0.4 is 10.6 Å². The molecule has 8 heteroatoms. The van der Waals surface area contributed by atoms with Gasteiger partial charge in [-0.05, 0) is 54.5 Å². The van der Waals surface area contributed by atoms with E-state index in [1.165, 1.54) is 22.7 Å². The fraction of sp³-hybridized carbons (Fsp3) is 0.370. The Morgan fingerprint density at radius 2 is 1.86 bits per heavy atom. The van der Waals surface area contributed by atoms with Crippen molar-refractivity contribution < 1.29 is 18.8 Å². The predicted octanol–water partition coefficient (Wildman–Crippen LogP) is 4.60. The van der Waals surface area contributed by atoms with E-state index < -0.39 is 6.04 Å². The topological polar surface area (TPSA) is 91.7 Å². The van der Waals surface area contributed by atoms with Crippen LogP contribution in [0.2, 0.25) is 0 Å². The van der Waals surface area contributed by atoms with Gasteiger partial charge in [0.2, 0.25) is 11.8 Å². The standard InChI is InChI=1S/C27H31N3O4S/c1-19-9-5-6-13-22(19)25(27(33)29-20-10-3-2-4-11-20)30(18-21-12-7-15-34-21)24(31)17-28-26(32)23-14-8-16-35-23/h5-9,12-16,20,25H,2-4,10-11,17-18H2,1H3,(H,28,32)(H,29,33)/t25-/m1/s1. The van der Waals surface area contributed by atoms with Crippen molar-refractivity contribution in [3.63, 3.8) is 0 Å². The number of amides is 3. The second kappa shape index (κ2) is 11.8. The number of furan rings is 1. The van der Waals surface area contributed by atoms with Gasteiger partial charge in [0.1, 0.15) is 11.8 Å². The van der Waals surface area contributed by atoms with Gasteiger partial charge in [-0.2, -0.15) is 0 Å². The first-order valence-corrected chi connectivity index (χ1v) is 12.9. The van der Waals surface area contributed by atoms with Crippen LogP contribution in [0.15, 0.2) is 64.6 Å². The number of hydrogen-bond acceptors (Lipinski definition) is 5. The third-order valence-electron chi connectivity index (χ3n) is 6.37. The Bertz CT molecular complexity index is 1120. The summed E-state index contributed by atoms with van der Waals surface area (Å²) in [6.07, 6.45) is 6.78. The number of nitrogens with one attached hydrogen (secondary N) is 2. The van der Waals surface area contributed by atoms with Crippen molar-refractivity contribution in [2.75, 3.05) is 6.54 Å². The van der Waals surface area contributed by atoms with Crippen molar-refractivity contribution in [1.82, 2.24) is 15.5 Å². The van der Waals surface area contributed by atoms with Crippen LogP contribution in [0, 0.1) is 6.92 Å². The van der Waals surface area contributed by atoms with Crippen molar-refractivity contribution in [1.29, 1.82) is 0 Å². The Labute approximate surface area is 209 Å². The van der Waals surface area contributed by atoms with Gasteiger partial charge >= 0.3 is 0 Å². The van der Waals surface area contributed by atoms with Crippen LogP contribution >= 0.6 is 11.3 Å². The number of rotatable bonds is 9. The van der Waals surface area contributed by atoms with Crippen LogP contribution in [0.1, 0.15) is 64.7 Å². The number of benzene rings is 1. The molecule has 1 saturated carbocycles. The Kier molecular flexibility index (Phi) is 8.36. The zero-order chi connectivity index (χ0) is 24.6. The Morgan fingerprint density at radius 1 is 1.06 bits per heavy atom. The molecule has 1 fully saturated rings. The Balaban J connectivity index is 1.62. The van der Waals surface area contributed by atoms with Gasteiger partial charge in [-0.1, -0.05) is 49.6 Å². The molecular weight excluding hydrogens is 462 g/mol. The molecule has 1 aliphatic rings. The molecule has 2 N–H and O–H groups in total. The van der Waals surface area contributed by atoms with E-state index >= 15 is 0 Å². The monoisotopic (exact) mass is 493 g/mol. The summed E-state index contributed by atoms with van der Waals surface area (Å²) in [5.41, 5.74) is 1.67. The van der Waals surface area contributed by atoms with Crippen molar-refractivity contribution in [3.8, 4) is 0 Å². The van der Waals surface area contributed by atoms with Crippen LogP contribution in [0.5, 0.6) is 0 Å². The summed E-state index contributed by atoms with van der Waals surface area (Å²) in [6, 6.07) is 13.9. The van der Waals surface area contributed by atoms with E-state index in [1.807, 2.05) is 36.6 Å². The number of aryl methyl sites for hydroxylation is 1. The molecule has 3 amide bonds. The second-order valence-corrected chi connectivity index (χ2v) is 9.81. The molecule has 7 nitrogen and oxygen atoms in total. The normalized spacial score (nSPS) is 14.8. The third kappa shape index (κ3) is 6.39. The van der Waals surface area contributed by atoms with Crippen molar-refractivity contribution in [2.45, 2.75) is 57.7 Å². The maximum Gasteiger partial charge on any atom is 0.261 e. The van der Waals surface area contributed by atoms with Crippen LogP contribution in [0.25, 0.3) is 0 Å². The van der Waals surface area contributed by atoms with Crippen LogP contribution in [0.3, 0.4) is 0 Å². The van der Waals surface area contributed by atoms with E-state index in [0.717, 1.165) is 36.8 Å². The first-order chi connectivity index (χ1) is 17.0. The summed E-state index contributed by atoms with van der Waals surface area (Å²) in [4.78, 5) is 41.8. The molecule has 0 radical (unpaired) electrons. The predicted molar refractivity (Wildman–Crippen MR) is 135 cm³/mol. The molecule has 35 heavy (non-hydrogen) atoms. The Hall–Kier alpha value is -3.39. The van der Waals surface area contributed by atoms with E-state index in [4.69, 9.17) is 4.42 Å². The van der Waals surface area contributed by atoms with Crippen molar-refractivity contribution in [2.24, 2.45) is 0 Å². The van der Waals surface area contributed by atoms with E-state index in [1.54, 1.807) is 30.5 Å². The lowest BCUT2D eigenvalue weighted by Crippen LogP contribution is -2.49. The van der Waals surface area contributed by atoms with Crippen LogP contribution in [-0.2, 0) is 16.1 Å². The zero-order valence-corrected chi connectivity index (χ0v) is 20.7. The largest absolute Gasteiger partial charge is 0.467 e. The third-order valence-corrected chi connectivity index (χ3v) is 7.24. The first-order valence-electron chi connectivity index (χ1n) is 12.0. The molecule has 4 rings (SSSR count). The summed E-state index contributed by atoms with van der Waals surface area (Å²) in [6.45, 7) is 1.82. The highest BCUT2D eigenvalue weighted by molar-refractivity contribution is 7.12. The molecule has 3 aromatic rings. The average molecular weight is 494 g/mol. The minimum absolute atomic E-state index is 0.0989. The molecule has 0 bridgehead atoms. The summed E-state index contributed by atoms with van der Waals surface area (Å²) in [7, 11) is 0. The van der Waals surface area contributed by atoms with E-state index in [2.05, 4.69) is 10.6 Å². The molecule has 0 aliphatic heterocycles. The molecule has 0 saturated heterocycles. The van der Waals surface area contributed by atoms with E-state index in [-0.39, 0.29) is 36.9 Å². The van der Waals surface area contributed by atoms with Gasteiger partial charge in [0, 0.05) is 6.04 Å². The minimum atomic E-state index is -0.852. The second-order valence-electron chi connectivity index (χ2n) is 8.86. The highest BCUT2D eigenvalue weighted by atomic mass is 32.1. The highest BCUT2D eigenvalue weighted by Gasteiger charge is 2.34. The number of nitrogens with zero attached hydrogens (tertiary/aromatic N) is 1. The lowest BCUT2D eigenvalue weighted by atomic mass is 9.94. The molecule has 2 aromatic heterocycles. The van der Waals surface area contributed by atoms with Gasteiger partial charge in [0.15, 0.2) is 0 Å². The average Bonchev–Trinajstić information content (AvgIpc) is 3.58. The Morgan fingerprint density at radius 3 is 2.54 bits per heavy atom. The molecule has 2 heterocycles. The summed E-state index contributed by atoms with van der Waals surface area (Å²) in [5, 5.41) is 7.71. The molecule has 0 spiro atoms. The maximum absolute atomic E-state index is 13.7. The van der Waals surface area contributed by atoms with Crippen LogP contribution in [0.4, 0.5) is 0 Å². The van der Waals surface area contributed by atoms with Crippen molar-refractivity contribution in [3.05, 3.63) is 81.9 Å². The van der Waals surface area contributed by atoms with Gasteiger partial charge in [0.25, 0.3) is 5.91 Å². The fourth-order valence-corrected chi connectivity index (χ4v) is 5.16. The fourth-order valence-electron chi connectivity index (χ4n) is 4.52. The number of carbonyl (C=O) groups excluding carboxylic acids is 3. The minimum Gasteiger partial charge on any atom is -0.467 e. The molecule has 0 unspecified atom stereocenters. The number of carbonyl (C=O) groups is 3. The highest BCUT2D eigenvalue weighted by Crippen LogP contribution is 2.28. The quantitative estimate of drug-likeness (QED) is 0.456. The maximum atomic E-state index is 13.7.